The number of allylic oxidation sites excluding steroid dienone is 28. The molecule has 12 heteroatoms. The summed E-state index contributed by atoms with van der Waals surface area (Å²) in [5, 5.41) is 9.80. The van der Waals surface area contributed by atoms with Crippen LogP contribution in [0.3, 0.4) is 0 Å². The summed E-state index contributed by atoms with van der Waals surface area (Å²) in [5.41, 5.74) is 0. The Morgan fingerprint density at radius 2 is 0.654 bits per heavy atom. The van der Waals surface area contributed by atoms with E-state index in [1.54, 1.807) is 0 Å². The zero-order chi connectivity index (χ0) is 56.9. The molecule has 3 unspecified atom stereocenters. The molecule has 0 saturated carbocycles. The highest BCUT2D eigenvalue weighted by atomic mass is 31.2. The maximum atomic E-state index is 12.9. The van der Waals surface area contributed by atoms with Crippen molar-refractivity contribution in [1.29, 1.82) is 0 Å². The summed E-state index contributed by atoms with van der Waals surface area (Å²) in [6.07, 6.45) is 77.6. The summed E-state index contributed by atoms with van der Waals surface area (Å²) in [6.45, 7) is 4.10. The number of hydrogen-bond donors (Lipinski definition) is 2. The van der Waals surface area contributed by atoms with Gasteiger partial charge < -0.3 is 24.2 Å². The quantitative estimate of drug-likeness (QED) is 0.0197. The Kier molecular flexibility index (Phi) is 54.2. The van der Waals surface area contributed by atoms with E-state index < -0.39 is 57.8 Å². The molecule has 0 aliphatic carbocycles. The van der Waals surface area contributed by atoms with Crippen molar-refractivity contribution in [2.45, 2.75) is 200 Å². The number of unbranched alkanes of at least 4 members (excludes halogenated alkanes) is 6. The number of aliphatic hydroxyl groups excluding tert-OH is 1. The summed E-state index contributed by atoms with van der Waals surface area (Å²) < 4.78 is 39.4. The van der Waals surface area contributed by atoms with Crippen LogP contribution in [0.2, 0.25) is 0 Å². The SMILES string of the molecule is CC/C=C\C/C=C\C/C=C\C/C=C\C/C=C\CCCCCC(=O)OCC(COP(=O)(O)OCC(CO)OC(=O)CC/C=C\C/C=C\C/C=C\C/C=C\CC)OC(=O)CCCCC/C=C\C/C=C\C/C=C\C/C=C\C/C=C\CC. The molecule has 0 bridgehead atoms. The van der Waals surface area contributed by atoms with E-state index >= 15 is 0 Å². The fraction of sp³-hybridized carbons (Fsp3) is 0.530. The summed E-state index contributed by atoms with van der Waals surface area (Å²) >= 11 is 0. The number of phosphoric ester groups is 1. The third-order valence-electron chi connectivity index (χ3n) is 11.1. The van der Waals surface area contributed by atoms with E-state index in [1.165, 1.54) is 0 Å². The van der Waals surface area contributed by atoms with E-state index in [0.717, 1.165) is 128 Å². The normalized spacial score (nSPS) is 14.6. The van der Waals surface area contributed by atoms with Gasteiger partial charge in [0, 0.05) is 19.3 Å². The molecule has 0 heterocycles. The number of ether oxygens (including phenoxy) is 3. The zero-order valence-corrected chi connectivity index (χ0v) is 48.9. The van der Waals surface area contributed by atoms with Crippen LogP contribution in [0.1, 0.15) is 188 Å². The standard InChI is InChI=1S/C66H101O11P/c1-4-7-10-13-16-19-22-25-27-29-31-33-35-38-40-43-46-49-52-55-64(68)73-59-63(77-66(70)57-54-51-48-45-42-39-36-34-32-30-28-26-23-20-17-14-11-8-5-2)61-75-78(71,72)74-60-62(58-67)76-65(69)56-53-50-47-44-41-37-24-21-18-15-12-9-6-3/h7-12,16-21,25-28,31-34,37-42,47,50,62-63,67H,4-6,13-15,22-24,29-30,35-36,43-46,48-49,51-61H2,1-3H3,(H,71,72)/b10-7-,11-8-,12-9-,19-16-,20-17-,21-18-,27-25-,28-26-,33-31-,34-32-,40-38-,41-37-,42-39-,50-47-. The molecule has 436 valence electrons. The average molecular weight is 1100 g/mol. The molecule has 3 atom stereocenters. The number of carbonyl (C=O) groups excluding carboxylic acids is 3. The fourth-order valence-electron chi connectivity index (χ4n) is 6.83. The minimum atomic E-state index is -4.80. The van der Waals surface area contributed by atoms with Crippen LogP contribution in [0.25, 0.3) is 0 Å². The molecule has 0 spiro atoms. The second-order valence-electron chi connectivity index (χ2n) is 18.3. The third-order valence-corrected chi connectivity index (χ3v) is 12.1. The number of phosphoric acid groups is 1. The predicted octanol–water partition coefficient (Wildman–Crippen LogP) is 17.5. The molecule has 0 aromatic heterocycles. The monoisotopic (exact) mass is 1100 g/mol. The van der Waals surface area contributed by atoms with E-state index in [0.29, 0.717) is 19.3 Å². The second kappa shape index (κ2) is 58.0. The Labute approximate surface area is 472 Å². The number of rotatable bonds is 51. The average Bonchev–Trinajstić information content (AvgIpc) is 3.43. The molecule has 0 amide bonds. The van der Waals surface area contributed by atoms with Gasteiger partial charge in [-0.05, 0) is 135 Å². The molecule has 0 aromatic rings. The first kappa shape index (κ1) is 72.8. The first-order valence-electron chi connectivity index (χ1n) is 29.0. The predicted molar refractivity (Wildman–Crippen MR) is 325 cm³/mol. The Morgan fingerprint density at radius 3 is 1.01 bits per heavy atom. The van der Waals surface area contributed by atoms with Gasteiger partial charge >= 0.3 is 25.7 Å². The van der Waals surface area contributed by atoms with Gasteiger partial charge in [-0.15, -0.1) is 0 Å². The fourth-order valence-corrected chi connectivity index (χ4v) is 7.62. The minimum Gasteiger partial charge on any atom is -0.462 e. The third kappa shape index (κ3) is 55.6. The van der Waals surface area contributed by atoms with Crippen LogP contribution >= 0.6 is 7.82 Å². The Balaban J connectivity index is 4.94. The molecule has 0 radical (unpaired) electrons. The van der Waals surface area contributed by atoms with Crippen molar-refractivity contribution in [3.05, 3.63) is 170 Å². The Hall–Kier alpha value is -5.16. The van der Waals surface area contributed by atoms with Gasteiger partial charge in [0.1, 0.15) is 12.7 Å². The molecule has 0 aromatic carbocycles. The molecule has 78 heavy (non-hydrogen) atoms. The highest BCUT2D eigenvalue weighted by Crippen LogP contribution is 2.43. The van der Waals surface area contributed by atoms with Crippen molar-refractivity contribution in [3.63, 3.8) is 0 Å². The molecule has 0 saturated heterocycles. The summed E-state index contributed by atoms with van der Waals surface area (Å²) in [7, 11) is -4.80. The highest BCUT2D eigenvalue weighted by Gasteiger charge is 2.28. The number of esters is 3. The van der Waals surface area contributed by atoms with Crippen LogP contribution in [-0.2, 0) is 42.2 Å². The molecular formula is C66H101O11P. The minimum absolute atomic E-state index is 0.0409. The van der Waals surface area contributed by atoms with Crippen LogP contribution in [0, 0.1) is 0 Å². The van der Waals surface area contributed by atoms with Crippen LogP contribution < -0.4 is 0 Å². The smallest absolute Gasteiger partial charge is 0.462 e. The lowest BCUT2D eigenvalue weighted by Gasteiger charge is -2.21. The topological polar surface area (TPSA) is 155 Å². The molecule has 0 fully saturated rings. The highest BCUT2D eigenvalue weighted by molar-refractivity contribution is 7.47. The lowest BCUT2D eigenvalue weighted by Crippen LogP contribution is -2.30. The summed E-state index contributed by atoms with van der Waals surface area (Å²) in [5.74, 6) is -1.66. The number of hydrogen-bond acceptors (Lipinski definition) is 10. The van der Waals surface area contributed by atoms with E-state index in [1.807, 2.05) is 18.2 Å². The molecular weight excluding hydrogens is 1000 g/mol. The van der Waals surface area contributed by atoms with Gasteiger partial charge in [-0.25, -0.2) is 4.57 Å². The van der Waals surface area contributed by atoms with Crippen LogP contribution in [-0.4, -0.2) is 66.5 Å². The van der Waals surface area contributed by atoms with Crippen molar-refractivity contribution < 1.29 is 52.2 Å². The van der Waals surface area contributed by atoms with Gasteiger partial charge in [0.15, 0.2) is 6.10 Å². The van der Waals surface area contributed by atoms with Crippen LogP contribution in [0.4, 0.5) is 0 Å². The maximum absolute atomic E-state index is 12.9. The van der Waals surface area contributed by atoms with E-state index in [9.17, 15) is 28.9 Å². The van der Waals surface area contributed by atoms with Crippen LogP contribution in [0.5, 0.6) is 0 Å². The van der Waals surface area contributed by atoms with E-state index in [-0.39, 0.29) is 25.9 Å². The van der Waals surface area contributed by atoms with Gasteiger partial charge in [-0.1, -0.05) is 204 Å². The lowest BCUT2D eigenvalue weighted by atomic mass is 10.1. The van der Waals surface area contributed by atoms with Gasteiger partial charge in [0.05, 0.1) is 19.8 Å². The van der Waals surface area contributed by atoms with Crippen LogP contribution in [0.15, 0.2) is 170 Å². The van der Waals surface area contributed by atoms with Gasteiger partial charge in [0.25, 0.3) is 0 Å². The van der Waals surface area contributed by atoms with Crippen molar-refractivity contribution in [3.8, 4) is 0 Å². The van der Waals surface area contributed by atoms with Crippen molar-refractivity contribution in [1.82, 2.24) is 0 Å². The van der Waals surface area contributed by atoms with Crippen molar-refractivity contribution in [2.75, 3.05) is 26.4 Å². The number of aliphatic hydroxyl groups is 1. The molecule has 0 aliphatic heterocycles. The van der Waals surface area contributed by atoms with Crippen molar-refractivity contribution >= 4 is 25.7 Å². The Morgan fingerprint density at radius 1 is 0.359 bits per heavy atom. The first-order chi connectivity index (χ1) is 38.2. The molecule has 0 rings (SSSR count). The molecule has 0 aliphatic rings. The van der Waals surface area contributed by atoms with Gasteiger partial charge in [-0.3, -0.25) is 23.4 Å². The lowest BCUT2D eigenvalue weighted by molar-refractivity contribution is -0.161. The largest absolute Gasteiger partial charge is 0.472 e. The Bertz CT molecular complexity index is 1960. The van der Waals surface area contributed by atoms with E-state index in [2.05, 4.69) is 173 Å². The molecule has 2 N–H and O–H groups in total. The maximum Gasteiger partial charge on any atom is 0.472 e. The van der Waals surface area contributed by atoms with Gasteiger partial charge in [0.2, 0.25) is 0 Å². The first-order valence-corrected chi connectivity index (χ1v) is 30.5. The second-order valence-corrected chi connectivity index (χ2v) is 19.8. The molecule has 11 nitrogen and oxygen atoms in total. The van der Waals surface area contributed by atoms with Crippen molar-refractivity contribution in [2.24, 2.45) is 0 Å². The number of carbonyl (C=O) groups is 3. The van der Waals surface area contributed by atoms with E-state index in [4.69, 9.17) is 23.3 Å². The zero-order valence-electron chi connectivity index (χ0n) is 48.0. The summed E-state index contributed by atoms with van der Waals surface area (Å²) in [4.78, 5) is 48.5. The van der Waals surface area contributed by atoms with Gasteiger partial charge in [-0.2, -0.15) is 0 Å². The summed E-state index contributed by atoms with van der Waals surface area (Å²) in [6, 6.07) is 0.